The summed E-state index contributed by atoms with van der Waals surface area (Å²) in [6.45, 7) is 3.14. The molecule has 3 N–H and O–H groups in total. The first-order valence-corrected chi connectivity index (χ1v) is 14.6. The zero-order valence-corrected chi connectivity index (χ0v) is 24.8. The van der Waals surface area contributed by atoms with Crippen LogP contribution in [0.4, 0.5) is 17.1 Å². The smallest absolute Gasteiger partial charge is 0.234 e. The molecule has 1 fully saturated rings. The Morgan fingerprint density at radius 2 is 1.68 bits per heavy atom. The number of hydrogen-bond donors (Lipinski definition) is 3. The molecule has 0 saturated carbocycles. The van der Waals surface area contributed by atoms with Gasteiger partial charge in [-0.1, -0.05) is 48.0 Å². The van der Waals surface area contributed by atoms with Gasteiger partial charge in [-0.3, -0.25) is 4.99 Å². The number of anilines is 3. The minimum atomic E-state index is -1.02. The van der Waals surface area contributed by atoms with Crippen LogP contribution in [0.1, 0.15) is 11.1 Å². The Hall–Kier alpha value is -3.40. The van der Waals surface area contributed by atoms with E-state index >= 15 is 0 Å². The average molecular weight is 608 g/mol. The van der Waals surface area contributed by atoms with Crippen molar-refractivity contribution in [3.05, 3.63) is 100 Å². The van der Waals surface area contributed by atoms with Gasteiger partial charge < -0.3 is 30.3 Å². The highest BCUT2D eigenvalue weighted by Crippen LogP contribution is 2.34. The largest absolute Gasteiger partial charge is 0.378 e. The predicted molar refractivity (Wildman–Crippen MR) is 169 cm³/mol. The van der Waals surface area contributed by atoms with Gasteiger partial charge in [-0.25, -0.2) is 0 Å². The zero-order chi connectivity index (χ0) is 28.5. The van der Waals surface area contributed by atoms with Gasteiger partial charge in [-0.15, -0.1) is 0 Å². The highest BCUT2D eigenvalue weighted by atomic mass is 35.5. The summed E-state index contributed by atoms with van der Waals surface area (Å²) in [7, 11) is 1.82. The molecule has 6 rings (SSSR count). The minimum absolute atomic E-state index is 0.338. The van der Waals surface area contributed by atoms with Gasteiger partial charge in [0.1, 0.15) is 0 Å². The summed E-state index contributed by atoms with van der Waals surface area (Å²) in [6, 6.07) is 25.5. The highest BCUT2D eigenvalue weighted by Gasteiger charge is 2.32. The summed E-state index contributed by atoms with van der Waals surface area (Å²) >= 11 is 17.8. The lowest BCUT2D eigenvalue weighted by Gasteiger charge is -2.31. The van der Waals surface area contributed by atoms with Crippen molar-refractivity contribution in [3.63, 3.8) is 0 Å². The zero-order valence-electron chi connectivity index (χ0n) is 22.4. The molecule has 0 bridgehead atoms. The van der Waals surface area contributed by atoms with Gasteiger partial charge in [0.2, 0.25) is 5.02 Å². The summed E-state index contributed by atoms with van der Waals surface area (Å²) < 4.78 is 5.55. The first-order valence-electron chi connectivity index (χ1n) is 13.4. The number of aliphatic hydroxyl groups is 1. The lowest BCUT2D eigenvalue weighted by atomic mass is 10.00. The van der Waals surface area contributed by atoms with Crippen LogP contribution in [0.25, 0.3) is 10.8 Å². The molecule has 0 amide bonds. The van der Waals surface area contributed by atoms with E-state index < -0.39 is 12.4 Å². The predicted octanol–water partition coefficient (Wildman–Crippen LogP) is 4.94. The Kier molecular flexibility index (Phi) is 8.01. The van der Waals surface area contributed by atoms with E-state index in [0.29, 0.717) is 20.9 Å². The summed E-state index contributed by atoms with van der Waals surface area (Å²) in [6.07, 6.45) is -1.82. The number of morpholine rings is 1. The third kappa shape index (κ3) is 5.58. The molecule has 2 aliphatic rings. The van der Waals surface area contributed by atoms with Crippen molar-refractivity contribution in [1.29, 1.82) is 0 Å². The first kappa shape index (κ1) is 27.8. The number of aliphatic imine (C=N–C) groups is 1. The third-order valence-corrected chi connectivity index (χ3v) is 8.27. The normalized spacial score (nSPS) is 18.9. The van der Waals surface area contributed by atoms with Crippen molar-refractivity contribution >= 4 is 62.5 Å². The fraction of sp³-hybridized carbons (Fsp3) is 0.226. The number of nitrogens with zero attached hydrogens (tertiary/aromatic N) is 3. The molecular formula is C31H30Cl2N5O2S+. The molecule has 0 radical (unpaired) electrons. The van der Waals surface area contributed by atoms with Crippen LogP contribution in [0, 0.1) is 11.6 Å². The maximum absolute atomic E-state index is 11.4. The maximum atomic E-state index is 11.4. The van der Waals surface area contributed by atoms with E-state index in [9.17, 15) is 5.11 Å². The number of fused-ring (bicyclic) bond motifs is 2. The van der Waals surface area contributed by atoms with Crippen LogP contribution in [0.5, 0.6) is 0 Å². The van der Waals surface area contributed by atoms with Gasteiger partial charge in [-0.2, -0.15) is 0 Å². The minimum Gasteiger partial charge on any atom is -0.378 e. The molecule has 0 aromatic heterocycles. The molecule has 2 heterocycles. The molecule has 2 unspecified atom stereocenters. The van der Waals surface area contributed by atoms with Crippen LogP contribution in [0.15, 0.2) is 83.9 Å². The Morgan fingerprint density at radius 3 is 2.46 bits per heavy atom. The number of nitrogens with one attached hydrogen (secondary N) is 2. The SMILES string of the molecule is CN1c2ccc(Cl)cc2C(c2ccccc2[ClH+])=NC(NC(=S)Nc2ccc(N3CCOCC3)c3ccccc23)C1O. The summed E-state index contributed by atoms with van der Waals surface area (Å²) in [4.78, 5) is 9.10. The maximum Gasteiger partial charge on any atom is 0.234 e. The van der Waals surface area contributed by atoms with E-state index in [-0.39, 0.29) is 0 Å². The summed E-state index contributed by atoms with van der Waals surface area (Å²) in [5, 5.41) is 21.8. The van der Waals surface area contributed by atoms with Crippen LogP contribution >= 0.6 is 23.8 Å². The third-order valence-electron chi connectivity index (χ3n) is 7.46. The van der Waals surface area contributed by atoms with Gasteiger partial charge >= 0.3 is 0 Å². The monoisotopic (exact) mass is 606 g/mol. The summed E-state index contributed by atoms with van der Waals surface area (Å²) in [5.74, 6) is 0. The molecule has 7 nitrogen and oxygen atoms in total. The molecule has 2 aliphatic heterocycles. The number of thiocarbonyl (C=S) groups is 1. The quantitative estimate of drug-likeness (QED) is 0.284. The Labute approximate surface area is 254 Å². The molecule has 4 aromatic rings. The molecule has 0 spiro atoms. The van der Waals surface area contributed by atoms with Crippen molar-refractivity contribution in [2.75, 3.05) is 48.5 Å². The molecule has 0 aliphatic carbocycles. The van der Waals surface area contributed by atoms with E-state index in [1.807, 2.05) is 61.6 Å². The second-order valence-electron chi connectivity index (χ2n) is 9.98. The Morgan fingerprint density at radius 1 is 0.976 bits per heavy atom. The lowest BCUT2D eigenvalue weighted by Crippen LogP contribution is -2.50. The van der Waals surface area contributed by atoms with Crippen LogP contribution in [-0.2, 0) is 4.74 Å². The highest BCUT2D eigenvalue weighted by molar-refractivity contribution is 7.80. The van der Waals surface area contributed by atoms with Gasteiger partial charge in [0, 0.05) is 64.6 Å². The standard InChI is InChI=1S/C31H29Cl2N5O2S/c1-37-26-12-10-19(32)18-23(26)28(22-8-4-5-9-24(22)33)35-29(30(37)39)36-31(41)34-25-11-13-27(38-14-16-40-17-15-38)21-7-3-2-6-20(21)25/h2-13,18,29-30,33,39H,14-17H2,1H3,(H-,34,36,41)/p+1. The van der Waals surface area contributed by atoms with Gasteiger partial charge in [0.05, 0.1) is 24.5 Å². The van der Waals surface area contributed by atoms with Crippen LogP contribution in [0.2, 0.25) is 10.0 Å². The van der Waals surface area contributed by atoms with Gasteiger partial charge in [0.25, 0.3) is 0 Å². The van der Waals surface area contributed by atoms with Gasteiger partial charge in [-0.05, 0) is 48.6 Å². The van der Waals surface area contributed by atoms with E-state index in [4.69, 9.17) is 45.1 Å². The number of aliphatic hydroxyl groups excluding tert-OH is 1. The average Bonchev–Trinajstić information content (AvgIpc) is 3.08. The molecule has 1 saturated heterocycles. The fourth-order valence-electron chi connectivity index (χ4n) is 5.38. The van der Waals surface area contributed by atoms with Crippen LogP contribution in [-0.4, -0.2) is 61.7 Å². The van der Waals surface area contributed by atoms with Crippen LogP contribution < -0.4 is 20.4 Å². The number of likely N-dealkylation sites (N-methyl/N-ethyl adjacent to an activating group) is 1. The number of rotatable bonds is 4. The number of benzodiazepines with no additional fused rings is 1. The van der Waals surface area contributed by atoms with E-state index in [1.54, 1.807) is 11.0 Å². The second-order valence-corrected chi connectivity index (χ2v) is 11.3. The Bertz CT molecular complexity index is 1640. The van der Waals surface area contributed by atoms with E-state index in [1.165, 1.54) is 5.69 Å². The number of ether oxygens (including phenoxy) is 1. The molecule has 10 heteroatoms. The summed E-state index contributed by atoms with van der Waals surface area (Å²) in [5.41, 5.74) is 5.01. The van der Waals surface area contributed by atoms with E-state index in [2.05, 4.69) is 33.7 Å². The lowest BCUT2D eigenvalue weighted by molar-refractivity contribution is -0.289. The Balaban J connectivity index is 1.33. The second kappa shape index (κ2) is 11.8. The molecule has 210 valence electrons. The topological polar surface area (TPSA) is 72.4 Å². The number of halogens is 2. The van der Waals surface area contributed by atoms with Gasteiger partial charge in [0.15, 0.2) is 29.1 Å². The van der Waals surface area contributed by atoms with Crippen molar-refractivity contribution in [1.82, 2.24) is 5.32 Å². The number of benzene rings is 4. The molecule has 2 atom stereocenters. The first-order chi connectivity index (χ1) is 19.9. The molecule has 41 heavy (non-hydrogen) atoms. The van der Waals surface area contributed by atoms with Crippen molar-refractivity contribution in [2.24, 2.45) is 4.99 Å². The molecule has 4 aromatic carbocycles. The van der Waals surface area contributed by atoms with E-state index in [0.717, 1.165) is 59.6 Å². The number of hydrogen-bond acceptors (Lipinski definition) is 6. The molecular weight excluding hydrogens is 577 g/mol. The van der Waals surface area contributed by atoms with Crippen molar-refractivity contribution in [3.8, 4) is 0 Å². The van der Waals surface area contributed by atoms with Crippen molar-refractivity contribution < 1.29 is 21.4 Å². The fourth-order valence-corrected chi connectivity index (χ4v) is 6.03. The van der Waals surface area contributed by atoms with Crippen LogP contribution in [0.3, 0.4) is 0 Å². The van der Waals surface area contributed by atoms with Crippen molar-refractivity contribution in [2.45, 2.75) is 12.4 Å².